The molecule has 0 radical (unpaired) electrons. The standard InChI is InChI=1S/C25H39N7O8/c1-3-13(2)20(32-21(36)16(26)12-19(34)35)23(38)31-18(11-14-6-8-15(33)9-7-14)22(37)30-17(24(39)40)5-4-10-29-25(27)28/h6-9,13,16-18,20,33H,3-5,10-12,26H2,1-2H3,(H,30,37)(H,31,38)(H,32,36)(H,34,35)(H,39,40)(H4,27,28,29). The minimum absolute atomic E-state index is 0.00471. The van der Waals surface area contributed by atoms with Gasteiger partial charge in [0.15, 0.2) is 5.96 Å². The van der Waals surface area contributed by atoms with Crippen LogP contribution < -0.4 is 33.2 Å². The zero-order chi connectivity index (χ0) is 30.4. The van der Waals surface area contributed by atoms with E-state index in [1.165, 1.54) is 24.3 Å². The topological polar surface area (TPSA) is 273 Å². The summed E-state index contributed by atoms with van der Waals surface area (Å²) in [6, 6.07) is 0.706. The Kier molecular flexibility index (Phi) is 13.9. The summed E-state index contributed by atoms with van der Waals surface area (Å²) < 4.78 is 0. The number of aromatic hydroxyl groups is 1. The quantitative estimate of drug-likeness (QED) is 0.0587. The van der Waals surface area contributed by atoms with Gasteiger partial charge in [-0.15, -0.1) is 0 Å². The van der Waals surface area contributed by atoms with Gasteiger partial charge < -0.3 is 48.5 Å². The summed E-state index contributed by atoms with van der Waals surface area (Å²) in [7, 11) is 0. The molecular weight excluding hydrogens is 526 g/mol. The summed E-state index contributed by atoms with van der Waals surface area (Å²) in [6.07, 6.45) is -0.0178. The number of carboxylic acid groups (broad SMARTS) is 2. The van der Waals surface area contributed by atoms with E-state index in [1.54, 1.807) is 13.8 Å². The Morgan fingerprint density at radius 3 is 2.05 bits per heavy atom. The van der Waals surface area contributed by atoms with Crippen LogP contribution >= 0.6 is 0 Å². The van der Waals surface area contributed by atoms with Gasteiger partial charge in [-0.05, 0) is 36.5 Å². The van der Waals surface area contributed by atoms with Gasteiger partial charge >= 0.3 is 11.9 Å². The third-order valence-corrected chi connectivity index (χ3v) is 6.09. The maximum Gasteiger partial charge on any atom is 0.326 e. The normalized spacial score (nSPS) is 14.5. The molecule has 0 saturated heterocycles. The highest BCUT2D eigenvalue weighted by Crippen LogP contribution is 2.14. The Hall–Kier alpha value is -4.40. The molecule has 5 unspecified atom stereocenters. The second kappa shape index (κ2) is 16.5. The van der Waals surface area contributed by atoms with Gasteiger partial charge in [0.25, 0.3) is 0 Å². The lowest BCUT2D eigenvalue weighted by atomic mass is 9.96. The molecule has 0 fully saturated rings. The minimum atomic E-state index is -1.40. The first-order valence-electron chi connectivity index (χ1n) is 12.7. The van der Waals surface area contributed by atoms with Crippen LogP contribution in [0.5, 0.6) is 5.75 Å². The third-order valence-electron chi connectivity index (χ3n) is 6.09. The average molecular weight is 566 g/mol. The van der Waals surface area contributed by atoms with E-state index in [2.05, 4.69) is 20.9 Å². The van der Waals surface area contributed by atoms with Crippen LogP contribution in [0.25, 0.3) is 0 Å². The summed E-state index contributed by atoms with van der Waals surface area (Å²) in [5.41, 5.74) is 16.7. The SMILES string of the molecule is CCC(C)C(NC(=O)C(N)CC(=O)O)C(=O)NC(Cc1ccc(O)cc1)C(=O)NC(CCCN=C(N)N)C(=O)O. The number of phenolic OH excluding ortho intramolecular Hbond substituents is 1. The Morgan fingerprint density at radius 2 is 1.52 bits per heavy atom. The van der Waals surface area contributed by atoms with Crippen LogP contribution in [0.1, 0.15) is 45.1 Å². The highest BCUT2D eigenvalue weighted by molar-refractivity contribution is 5.95. The van der Waals surface area contributed by atoms with Crippen molar-refractivity contribution in [2.75, 3.05) is 6.54 Å². The predicted molar refractivity (Wildman–Crippen MR) is 145 cm³/mol. The van der Waals surface area contributed by atoms with E-state index in [9.17, 15) is 34.2 Å². The van der Waals surface area contributed by atoms with Gasteiger partial charge in [-0.25, -0.2) is 4.79 Å². The van der Waals surface area contributed by atoms with Crippen LogP contribution in [-0.4, -0.2) is 81.7 Å². The van der Waals surface area contributed by atoms with E-state index in [0.29, 0.717) is 12.0 Å². The smallest absolute Gasteiger partial charge is 0.326 e. The summed E-state index contributed by atoms with van der Waals surface area (Å²) in [5, 5.41) is 35.6. The predicted octanol–water partition coefficient (Wildman–Crippen LogP) is -1.62. The highest BCUT2D eigenvalue weighted by atomic mass is 16.4. The fourth-order valence-corrected chi connectivity index (χ4v) is 3.61. The molecule has 3 amide bonds. The molecule has 1 aromatic rings. The van der Waals surface area contributed by atoms with Gasteiger partial charge in [-0.2, -0.15) is 0 Å². The van der Waals surface area contributed by atoms with Crippen LogP contribution in [0, 0.1) is 5.92 Å². The molecule has 0 spiro atoms. The summed E-state index contributed by atoms with van der Waals surface area (Å²) in [4.78, 5) is 65.5. The zero-order valence-corrected chi connectivity index (χ0v) is 22.5. The zero-order valence-electron chi connectivity index (χ0n) is 22.5. The summed E-state index contributed by atoms with van der Waals surface area (Å²) in [5.74, 6) is -5.59. The van der Waals surface area contributed by atoms with Gasteiger partial charge in [0.1, 0.15) is 23.9 Å². The number of aliphatic imine (C=N–C) groups is 1. The fraction of sp³-hybridized carbons (Fsp3) is 0.520. The molecule has 0 aliphatic carbocycles. The molecule has 222 valence electrons. The number of benzene rings is 1. The number of nitrogens with zero attached hydrogens (tertiary/aromatic N) is 1. The first kappa shape index (κ1) is 33.6. The number of hydrogen-bond acceptors (Lipinski definition) is 8. The van der Waals surface area contributed by atoms with E-state index >= 15 is 0 Å². The molecule has 12 N–H and O–H groups in total. The van der Waals surface area contributed by atoms with Crippen molar-refractivity contribution in [3.05, 3.63) is 29.8 Å². The van der Waals surface area contributed by atoms with Crippen molar-refractivity contribution in [1.82, 2.24) is 16.0 Å². The van der Waals surface area contributed by atoms with Crippen molar-refractivity contribution < 1.29 is 39.3 Å². The van der Waals surface area contributed by atoms with Gasteiger partial charge in [0, 0.05) is 13.0 Å². The van der Waals surface area contributed by atoms with Gasteiger partial charge in [-0.1, -0.05) is 32.4 Å². The lowest BCUT2D eigenvalue weighted by molar-refractivity contribution is -0.142. The Balaban J connectivity index is 3.16. The molecule has 15 nitrogen and oxygen atoms in total. The first-order valence-corrected chi connectivity index (χ1v) is 12.7. The van der Waals surface area contributed by atoms with Crippen molar-refractivity contribution in [1.29, 1.82) is 0 Å². The van der Waals surface area contributed by atoms with E-state index in [0.717, 1.165) is 0 Å². The Morgan fingerprint density at radius 1 is 0.925 bits per heavy atom. The van der Waals surface area contributed by atoms with E-state index in [1.807, 2.05) is 0 Å². The molecule has 15 heteroatoms. The van der Waals surface area contributed by atoms with Crippen molar-refractivity contribution in [3.63, 3.8) is 0 Å². The van der Waals surface area contributed by atoms with Crippen LogP contribution in [0.2, 0.25) is 0 Å². The number of guanidine groups is 1. The van der Waals surface area contributed by atoms with Crippen molar-refractivity contribution in [2.24, 2.45) is 28.1 Å². The lowest BCUT2D eigenvalue weighted by Crippen LogP contribution is -2.59. The third kappa shape index (κ3) is 12.0. The minimum Gasteiger partial charge on any atom is -0.508 e. The van der Waals surface area contributed by atoms with Crippen LogP contribution in [0.15, 0.2) is 29.3 Å². The van der Waals surface area contributed by atoms with Gasteiger partial charge in [0.2, 0.25) is 17.7 Å². The number of aliphatic carboxylic acids is 2. The first-order chi connectivity index (χ1) is 18.7. The van der Waals surface area contributed by atoms with E-state index in [-0.39, 0.29) is 37.5 Å². The lowest BCUT2D eigenvalue weighted by Gasteiger charge is -2.28. The molecule has 1 rings (SSSR count). The largest absolute Gasteiger partial charge is 0.508 e. The fourth-order valence-electron chi connectivity index (χ4n) is 3.61. The maximum absolute atomic E-state index is 13.3. The number of carbonyl (C=O) groups excluding carboxylic acids is 3. The number of carbonyl (C=O) groups is 5. The summed E-state index contributed by atoms with van der Waals surface area (Å²) >= 11 is 0. The van der Waals surface area contributed by atoms with Crippen molar-refractivity contribution in [2.45, 2.75) is 70.1 Å². The number of nitrogens with one attached hydrogen (secondary N) is 3. The summed E-state index contributed by atoms with van der Waals surface area (Å²) in [6.45, 7) is 3.60. The number of hydrogen-bond donors (Lipinski definition) is 9. The molecule has 0 heterocycles. The number of carboxylic acids is 2. The molecule has 0 aliphatic heterocycles. The number of amides is 3. The monoisotopic (exact) mass is 565 g/mol. The van der Waals surface area contributed by atoms with Gasteiger partial charge in [-0.3, -0.25) is 24.2 Å². The highest BCUT2D eigenvalue weighted by Gasteiger charge is 2.33. The molecule has 40 heavy (non-hydrogen) atoms. The van der Waals surface area contributed by atoms with Crippen molar-refractivity contribution >= 4 is 35.6 Å². The molecule has 0 saturated carbocycles. The molecular formula is C25H39N7O8. The van der Waals surface area contributed by atoms with E-state index < -0.39 is 66.2 Å². The molecule has 0 bridgehead atoms. The maximum atomic E-state index is 13.3. The van der Waals surface area contributed by atoms with Crippen LogP contribution in [0.4, 0.5) is 0 Å². The number of nitrogens with two attached hydrogens (primary N) is 3. The number of phenols is 1. The second-order valence-corrected chi connectivity index (χ2v) is 9.36. The Labute approximate surface area is 231 Å². The number of rotatable bonds is 17. The van der Waals surface area contributed by atoms with Crippen molar-refractivity contribution in [3.8, 4) is 5.75 Å². The Bertz CT molecular complexity index is 1060. The van der Waals surface area contributed by atoms with E-state index in [4.69, 9.17) is 22.3 Å². The van der Waals surface area contributed by atoms with Gasteiger partial charge in [0.05, 0.1) is 12.5 Å². The second-order valence-electron chi connectivity index (χ2n) is 9.36. The molecule has 1 aromatic carbocycles. The average Bonchev–Trinajstić information content (AvgIpc) is 2.88. The molecule has 5 atom stereocenters. The van der Waals surface area contributed by atoms with Crippen LogP contribution in [-0.2, 0) is 30.4 Å². The van der Waals surface area contributed by atoms with Crippen LogP contribution in [0.3, 0.4) is 0 Å². The molecule has 0 aliphatic rings. The molecule has 0 aromatic heterocycles.